The number of amides is 1. The standard InChI is InChI=1S/C21H27N5O/c1-14-10-19(4-7-22-14)25-8-5-17-12-26(13-18(17)6-9-25)21(27)20-11-23-16(3)24-15(20)2/h4,7,10-11,17-18H,5-6,8-9,12-13H2,1-3H3/t17-,18+. The number of fused-ring (bicyclic) bond motifs is 1. The van der Waals surface area contributed by atoms with Crippen LogP contribution in [0.25, 0.3) is 0 Å². The molecule has 4 heterocycles. The maximum Gasteiger partial charge on any atom is 0.257 e. The summed E-state index contributed by atoms with van der Waals surface area (Å²) in [6, 6.07) is 4.27. The molecule has 0 N–H and O–H groups in total. The molecular formula is C21H27N5O. The van der Waals surface area contributed by atoms with Gasteiger partial charge in [0.25, 0.3) is 5.91 Å². The van der Waals surface area contributed by atoms with Crippen LogP contribution in [0.3, 0.4) is 0 Å². The quantitative estimate of drug-likeness (QED) is 0.819. The first kappa shape index (κ1) is 17.9. The van der Waals surface area contributed by atoms with Crippen LogP contribution in [0, 0.1) is 32.6 Å². The van der Waals surface area contributed by atoms with E-state index >= 15 is 0 Å². The van der Waals surface area contributed by atoms with Gasteiger partial charge in [0.2, 0.25) is 0 Å². The van der Waals surface area contributed by atoms with Crippen LogP contribution in [-0.2, 0) is 0 Å². The Bertz CT molecular complexity index is 836. The third-order valence-electron chi connectivity index (χ3n) is 5.98. The lowest BCUT2D eigenvalue weighted by atomic mass is 9.92. The predicted octanol–water partition coefficient (Wildman–Crippen LogP) is 2.79. The number of hydrogen-bond donors (Lipinski definition) is 0. The van der Waals surface area contributed by atoms with Crippen LogP contribution in [0.2, 0.25) is 0 Å². The molecule has 0 radical (unpaired) electrons. The number of pyridine rings is 1. The van der Waals surface area contributed by atoms with Crippen LogP contribution in [0.15, 0.2) is 24.5 Å². The molecule has 0 spiro atoms. The molecule has 6 heteroatoms. The summed E-state index contributed by atoms with van der Waals surface area (Å²) < 4.78 is 0. The molecule has 2 aliphatic rings. The lowest BCUT2D eigenvalue weighted by Gasteiger charge is -2.24. The number of carbonyl (C=O) groups excluding carboxylic acids is 1. The average Bonchev–Trinajstić information content (AvgIpc) is 2.94. The fraction of sp³-hybridized carbons (Fsp3) is 0.524. The molecule has 0 unspecified atom stereocenters. The second-order valence-electron chi connectivity index (χ2n) is 7.87. The third kappa shape index (κ3) is 3.66. The predicted molar refractivity (Wildman–Crippen MR) is 105 cm³/mol. The molecule has 142 valence electrons. The summed E-state index contributed by atoms with van der Waals surface area (Å²) in [6.45, 7) is 9.56. The first-order valence-electron chi connectivity index (χ1n) is 9.78. The maximum atomic E-state index is 13.0. The summed E-state index contributed by atoms with van der Waals surface area (Å²) in [6.07, 6.45) is 5.82. The van der Waals surface area contributed by atoms with Crippen molar-refractivity contribution in [3.05, 3.63) is 47.3 Å². The lowest BCUT2D eigenvalue weighted by molar-refractivity contribution is 0.0781. The summed E-state index contributed by atoms with van der Waals surface area (Å²) >= 11 is 0. The molecule has 0 aromatic carbocycles. The Kier molecular flexibility index (Phi) is 4.81. The van der Waals surface area contributed by atoms with E-state index in [2.05, 4.69) is 32.0 Å². The minimum Gasteiger partial charge on any atom is -0.371 e. The molecule has 2 saturated heterocycles. The summed E-state index contributed by atoms with van der Waals surface area (Å²) in [7, 11) is 0. The van der Waals surface area contributed by atoms with Crippen molar-refractivity contribution in [3.63, 3.8) is 0 Å². The van der Waals surface area contributed by atoms with Crippen molar-refractivity contribution in [1.82, 2.24) is 19.9 Å². The van der Waals surface area contributed by atoms with E-state index in [0.717, 1.165) is 50.4 Å². The Balaban J connectivity index is 1.43. The third-order valence-corrected chi connectivity index (χ3v) is 5.98. The van der Waals surface area contributed by atoms with Crippen LogP contribution >= 0.6 is 0 Å². The van der Waals surface area contributed by atoms with Crippen LogP contribution in [0.4, 0.5) is 5.69 Å². The van der Waals surface area contributed by atoms with Gasteiger partial charge in [0, 0.05) is 50.0 Å². The molecule has 2 aromatic heterocycles. The number of nitrogens with zero attached hydrogens (tertiary/aromatic N) is 5. The Morgan fingerprint density at radius 2 is 1.78 bits per heavy atom. The molecule has 27 heavy (non-hydrogen) atoms. The molecule has 0 aliphatic carbocycles. The van der Waals surface area contributed by atoms with Crippen molar-refractivity contribution < 1.29 is 4.79 Å². The fourth-order valence-corrected chi connectivity index (χ4v) is 4.46. The Labute approximate surface area is 160 Å². The summed E-state index contributed by atoms with van der Waals surface area (Å²) in [4.78, 5) is 30.3. The number of likely N-dealkylation sites (tertiary alicyclic amines) is 1. The zero-order chi connectivity index (χ0) is 19.0. The fourth-order valence-electron chi connectivity index (χ4n) is 4.46. The van der Waals surface area contributed by atoms with Gasteiger partial charge in [-0.05, 0) is 57.6 Å². The largest absolute Gasteiger partial charge is 0.371 e. The van der Waals surface area contributed by atoms with E-state index in [1.807, 2.05) is 31.9 Å². The first-order chi connectivity index (χ1) is 13.0. The number of hydrogen-bond acceptors (Lipinski definition) is 5. The number of anilines is 1. The van der Waals surface area contributed by atoms with Gasteiger partial charge >= 0.3 is 0 Å². The summed E-state index contributed by atoms with van der Waals surface area (Å²) in [5, 5.41) is 0. The monoisotopic (exact) mass is 365 g/mol. The van der Waals surface area contributed by atoms with Gasteiger partial charge < -0.3 is 9.80 Å². The SMILES string of the molecule is Cc1cc(N2CC[C@@H]3CN(C(=O)c4cnc(C)nc4C)C[C@@H]3CC2)ccn1. The van der Waals surface area contributed by atoms with E-state index in [-0.39, 0.29) is 5.91 Å². The lowest BCUT2D eigenvalue weighted by Crippen LogP contribution is -2.32. The van der Waals surface area contributed by atoms with E-state index in [9.17, 15) is 4.79 Å². The van der Waals surface area contributed by atoms with E-state index in [4.69, 9.17) is 0 Å². The Morgan fingerprint density at radius 3 is 2.41 bits per heavy atom. The molecule has 2 fully saturated rings. The number of aromatic nitrogens is 3. The highest BCUT2D eigenvalue weighted by Gasteiger charge is 2.37. The van der Waals surface area contributed by atoms with Crippen molar-refractivity contribution in [2.75, 3.05) is 31.1 Å². The number of carbonyl (C=O) groups is 1. The summed E-state index contributed by atoms with van der Waals surface area (Å²) in [5.74, 6) is 1.95. The van der Waals surface area contributed by atoms with Gasteiger partial charge in [0.1, 0.15) is 5.82 Å². The van der Waals surface area contributed by atoms with Crippen molar-refractivity contribution in [3.8, 4) is 0 Å². The molecule has 2 aliphatic heterocycles. The highest BCUT2D eigenvalue weighted by Crippen LogP contribution is 2.34. The van der Waals surface area contributed by atoms with E-state index in [0.29, 0.717) is 23.2 Å². The molecular weight excluding hydrogens is 338 g/mol. The molecule has 6 nitrogen and oxygen atoms in total. The zero-order valence-electron chi connectivity index (χ0n) is 16.4. The topological polar surface area (TPSA) is 62.2 Å². The van der Waals surface area contributed by atoms with Gasteiger partial charge in [-0.3, -0.25) is 9.78 Å². The van der Waals surface area contributed by atoms with Gasteiger partial charge in [0.05, 0.1) is 11.3 Å². The molecule has 0 saturated carbocycles. The van der Waals surface area contributed by atoms with Gasteiger partial charge in [0.15, 0.2) is 0 Å². The van der Waals surface area contributed by atoms with E-state index < -0.39 is 0 Å². The second kappa shape index (κ2) is 7.25. The van der Waals surface area contributed by atoms with E-state index in [1.165, 1.54) is 5.69 Å². The van der Waals surface area contributed by atoms with Crippen LogP contribution < -0.4 is 4.90 Å². The van der Waals surface area contributed by atoms with Crippen molar-refractivity contribution in [2.45, 2.75) is 33.6 Å². The highest BCUT2D eigenvalue weighted by atomic mass is 16.2. The minimum atomic E-state index is 0.0854. The second-order valence-corrected chi connectivity index (χ2v) is 7.87. The number of rotatable bonds is 2. The zero-order valence-corrected chi connectivity index (χ0v) is 16.4. The van der Waals surface area contributed by atoms with Crippen molar-refractivity contribution in [1.29, 1.82) is 0 Å². The van der Waals surface area contributed by atoms with Gasteiger partial charge in [-0.15, -0.1) is 0 Å². The van der Waals surface area contributed by atoms with E-state index in [1.54, 1.807) is 6.20 Å². The van der Waals surface area contributed by atoms with Gasteiger partial charge in [-0.1, -0.05) is 0 Å². The Hall–Kier alpha value is -2.50. The average molecular weight is 365 g/mol. The van der Waals surface area contributed by atoms with Crippen LogP contribution in [0.5, 0.6) is 0 Å². The Morgan fingerprint density at radius 1 is 1.07 bits per heavy atom. The normalized spacial score (nSPS) is 22.5. The van der Waals surface area contributed by atoms with Crippen molar-refractivity contribution in [2.24, 2.45) is 11.8 Å². The first-order valence-corrected chi connectivity index (χ1v) is 9.78. The maximum absolute atomic E-state index is 13.0. The highest BCUT2D eigenvalue weighted by molar-refractivity contribution is 5.95. The molecule has 0 bridgehead atoms. The van der Waals surface area contributed by atoms with Crippen LogP contribution in [-0.4, -0.2) is 51.9 Å². The smallest absolute Gasteiger partial charge is 0.257 e. The van der Waals surface area contributed by atoms with Gasteiger partial charge in [-0.25, -0.2) is 9.97 Å². The van der Waals surface area contributed by atoms with Gasteiger partial charge in [-0.2, -0.15) is 0 Å². The number of aryl methyl sites for hydroxylation is 3. The molecule has 2 atom stereocenters. The molecule has 1 amide bonds. The molecule has 2 aromatic rings. The summed E-state index contributed by atoms with van der Waals surface area (Å²) in [5.41, 5.74) is 3.75. The van der Waals surface area contributed by atoms with Crippen molar-refractivity contribution >= 4 is 11.6 Å². The molecule has 4 rings (SSSR count). The minimum absolute atomic E-state index is 0.0854. The van der Waals surface area contributed by atoms with Crippen LogP contribution in [0.1, 0.15) is 40.4 Å².